The molecule has 0 aliphatic carbocycles. The minimum Gasteiger partial charge on any atom is -0.381 e. The maximum atomic E-state index is 5.59. The predicted molar refractivity (Wildman–Crippen MR) is 70.6 cm³/mol. The van der Waals surface area contributed by atoms with Crippen LogP contribution in [-0.4, -0.2) is 27.7 Å². The minimum absolute atomic E-state index is 0.430. The number of pyridine rings is 1. The lowest BCUT2D eigenvalue weighted by Crippen LogP contribution is -2.19. The highest BCUT2D eigenvalue weighted by Gasteiger charge is 2.22. The van der Waals surface area contributed by atoms with Crippen LogP contribution in [0.1, 0.15) is 37.9 Å². The molecule has 3 rings (SSSR count). The fourth-order valence-electron chi connectivity index (χ4n) is 2.68. The van der Waals surface area contributed by atoms with Crippen molar-refractivity contribution in [2.45, 2.75) is 38.6 Å². The Balaban J connectivity index is 2.05. The topological polar surface area (TPSA) is 39.9 Å². The van der Waals surface area contributed by atoms with Gasteiger partial charge in [0.05, 0.1) is 6.61 Å². The number of aryl methyl sites for hydroxylation is 1. The average molecular weight is 245 g/mol. The third kappa shape index (κ3) is 2.01. The monoisotopic (exact) mass is 245 g/mol. The van der Waals surface area contributed by atoms with E-state index in [0.29, 0.717) is 5.92 Å². The highest BCUT2D eigenvalue weighted by atomic mass is 16.5. The molecule has 1 fully saturated rings. The number of aromatic nitrogens is 3. The van der Waals surface area contributed by atoms with Crippen molar-refractivity contribution in [2.24, 2.45) is 0 Å². The van der Waals surface area contributed by atoms with Gasteiger partial charge in [-0.1, -0.05) is 6.92 Å². The highest BCUT2D eigenvalue weighted by Crippen LogP contribution is 2.27. The Kier molecular flexibility index (Phi) is 3.28. The lowest BCUT2D eigenvalue weighted by molar-refractivity contribution is 0.0771. The number of nitrogens with zero attached hydrogens (tertiary/aromatic N) is 3. The van der Waals surface area contributed by atoms with Crippen molar-refractivity contribution in [1.82, 2.24) is 14.5 Å². The fourth-order valence-corrected chi connectivity index (χ4v) is 2.68. The number of fused-ring (bicyclic) bond motifs is 1. The molecular weight excluding hydrogens is 226 g/mol. The van der Waals surface area contributed by atoms with Gasteiger partial charge < -0.3 is 9.30 Å². The molecule has 1 atom stereocenters. The maximum absolute atomic E-state index is 5.59. The second kappa shape index (κ2) is 5.06. The molecule has 0 bridgehead atoms. The molecule has 0 saturated carbocycles. The van der Waals surface area contributed by atoms with E-state index in [1.165, 1.54) is 6.42 Å². The van der Waals surface area contributed by atoms with E-state index in [1.807, 2.05) is 18.3 Å². The summed E-state index contributed by atoms with van der Waals surface area (Å²) < 4.78 is 7.86. The zero-order valence-electron chi connectivity index (χ0n) is 10.8. The third-order valence-corrected chi connectivity index (χ3v) is 3.51. The summed E-state index contributed by atoms with van der Waals surface area (Å²) in [4.78, 5) is 9.25. The molecule has 1 unspecified atom stereocenters. The molecule has 18 heavy (non-hydrogen) atoms. The molecule has 0 spiro atoms. The zero-order valence-corrected chi connectivity index (χ0v) is 10.8. The number of imidazole rings is 1. The molecule has 3 heterocycles. The van der Waals surface area contributed by atoms with Crippen molar-refractivity contribution in [3.8, 4) is 0 Å². The van der Waals surface area contributed by atoms with Gasteiger partial charge in [0.25, 0.3) is 0 Å². The van der Waals surface area contributed by atoms with Crippen molar-refractivity contribution in [3.63, 3.8) is 0 Å². The lowest BCUT2D eigenvalue weighted by Gasteiger charge is -2.22. The van der Waals surface area contributed by atoms with Crippen LogP contribution < -0.4 is 0 Å². The number of hydrogen-bond donors (Lipinski definition) is 0. The summed E-state index contributed by atoms with van der Waals surface area (Å²) >= 11 is 0. The van der Waals surface area contributed by atoms with Crippen LogP contribution in [-0.2, 0) is 11.3 Å². The van der Waals surface area contributed by atoms with Gasteiger partial charge >= 0.3 is 0 Å². The zero-order chi connectivity index (χ0) is 12.4. The molecule has 0 aromatic carbocycles. The summed E-state index contributed by atoms with van der Waals surface area (Å²) in [6, 6.07) is 3.99. The summed E-state index contributed by atoms with van der Waals surface area (Å²) in [5.74, 6) is 1.59. The largest absolute Gasteiger partial charge is 0.381 e. The molecule has 96 valence electrons. The van der Waals surface area contributed by atoms with Crippen molar-refractivity contribution in [3.05, 3.63) is 24.2 Å². The van der Waals surface area contributed by atoms with Gasteiger partial charge in [-0.3, -0.25) is 0 Å². The van der Waals surface area contributed by atoms with E-state index in [4.69, 9.17) is 9.72 Å². The van der Waals surface area contributed by atoms with Crippen molar-refractivity contribution in [2.75, 3.05) is 13.2 Å². The molecular formula is C14H19N3O. The molecule has 0 radical (unpaired) electrons. The smallest absolute Gasteiger partial charge is 0.159 e. The maximum Gasteiger partial charge on any atom is 0.159 e. The average Bonchev–Trinajstić information content (AvgIpc) is 2.80. The van der Waals surface area contributed by atoms with Crippen LogP contribution >= 0.6 is 0 Å². The highest BCUT2D eigenvalue weighted by molar-refractivity contribution is 5.71. The van der Waals surface area contributed by atoms with Crippen LogP contribution in [0.3, 0.4) is 0 Å². The first-order valence-corrected chi connectivity index (χ1v) is 6.79. The van der Waals surface area contributed by atoms with Gasteiger partial charge in [0.2, 0.25) is 0 Å². The summed E-state index contributed by atoms with van der Waals surface area (Å²) in [6.07, 6.45) is 5.25. The molecule has 0 N–H and O–H groups in total. The van der Waals surface area contributed by atoms with Crippen LogP contribution in [0.25, 0.3) is 11.2 Å². The lowest BCUT2D eigenvalue weighted by atomic mass is 10.0. The molecule has 4 heteroatoms. The quantitative estimate of drug-likeness (QED) is 0.834. The van der Waals surface area contributed by atoms with E-state index in [2.05, 4.69) is 16.5 Å². The summed E-state index contributed by atoms with van der Waals surface area (Å²) in [5.41, 5.74) is 2.02. The van der Waals surface area contributed by atoms with Gasteiger partial charge in [-0.05, 0) is 31.4 Å². The van der Waals surface area contributed by atoms with Crippen molar-refractivity contribution in [1.29, 1.82) is 0 Å². The van der Waals surface area contributed by atoms with Crippen molar-refractivity contribution < 1.29 is 4.74 Å². The second-order valence-corrected chi connectivity index (χ2v) is 4.88. The molecule has 2 aromatic heterocycles. The van der Waals surface area contributed by atoms with Crippen LogP contribution in [0.2, 0.25) is 0 Å². The van der Waals surface area contributed by atoms with Gasteiger partial charge in [0.1, 0.15) is 11.3 Å². The van der Waals surface area contributed by atoms with Gasteiger partial charge in [-0.25, -0.2) is 9.97 Å². The Morgan fingerprint density at radius 1 is 1.50 bits per heavy atom. The van der Waals surface area contributed by atoms with Gasteiger partial charge in [0, 0.05) is 25.3 Å². The molecule has 1 aliphatic rings. The van der Waals surface area contributed by atoms with E-state index in [-0.39, 0.29) is 0 Å². The Labute approximate surface area is 107 Å². The Morgan fingerprint density at radius 3 is 3.22 bits per heavy atom. The van der Waals surface area contributed by atoms with Crippen LogP contribution in [0, 0.1) is 0 Å². The molecule has 4 nitrogen and oxygen atoms in total. The Bertz CT molecular complexity index is 529. The minimum atomic E-state index is 0.430. The Morgan fingerprint density at radius 2 is 2.44 bits per heavy atom. The van der Waals surface area contributed by atoms with E-state index in [0.717, 1.165) is 49.6 Å². The van der Waals surface area contributed by atoms with Crippen molar-refractivity contribution >= 4 is 11.2 Å². The first-order valence-electron chi connectivity index (χ1n) is 6.79. The number of hydrogen-bond acceptors (Lipinski definition) is 3. The molecule has 2 aromatic rings. The molecule has 1 aliphatic heterocycles. The number of rotatable bonds is 3. The van der Waals surface area contributed by atoms with E-state index in [1.54, 1.807) is 0 Å². The van der Waals surface area contributed by atoms with Crippen LogP contribution in [0.15, 0.2) is 18.3 Å². The van der Waals surface area contributed by atoms with E-state index >= 15 is 0 Å². The van der Waals surface area contributed by atoms with Crippen LogP contribution in [0.5, 0.6) is 0 Å². The number of ether oxygens (including phenoxy) is 1. The first kappa shape index (κ1) is 11.7. The van der Waals surface area contributed by atoms with Gasteiger partial charge in [-0.15, -0.1) is 0 Å². The van der Waals surface area contributed by atoms with Gasteiger partial charge in [0.15, 0.2) is 5.65 Å². The fraction of sp³-hybridized carbons (Fsp3) is 0.571. The molecule has 1 saturated heterocycles. The summed E-state index contributed by atoms with van der Waals surface area (Å²) in [5, 5.41) is 0. The molecule has 0 amide bonds. The normalized spacial score (nSPS) is 20.4. The third-order valence-electron chi connectivity index (χ3n) is 3.51. The van der Waals surface area contributed by atoms with E-state index in [9.17, 15) is 0 Å². The van der Waals surface area contributed by atoms with Crippen LogP contribution in [0.4, 0.5) is 0 Å². The summed E-state index contributed by atoms with van der Waals surface area (Å²) in [7, 11) is 0. The first-order chi connectivity index (χ1) is 8.90. The summed E-state index contributed by atoms with van der Waals surface area (Å²) in [6.45, 7) is 4.87. The predicted octanol–water partition coefficient (Wildman–Crippen LogP) is 2.74. The van der Waals surface area contributed by atoms with Gasteiger partial charge in [-0.2, -0.15) is 0 Å². The standard InChI is InChI=1S/C14H19N3O/c1-2-8-17-13(11-5-4-9-18-10-11)16-12-6-3-7-15-14(12)17/h3,6-7,11H,2,4-5,8-10H2,1H3. The second-order valence-electron chi connectivity index (χ2n) is 4.88. The van der Waals surface area contributed by atoms with E-state index < -0.39 is 0 Å². The SMILES string of the molecule is CCCn1c(C2CCCOC2)nc2cccnc21. The Hall–Kier alpha value is -1.42.